The van der Waals surface area contributed by atoms with Crippen molar-refractivity contribution in [2.75, 3.05) is 6.54 Å². The van der Waals surface area contributed by atoms with Crippen molar-refractivity contribution in [3.8, 4) is 0 Å². The molecule has 1 aliphatic rings. The molecule has 86 valence electrons. The zero-order valence-corrected chi connectivity index (χ0v) is 9.27. The number of hydrogen-bond acceptors (Lipinski definition) is 3. The lowest BCUT2D eigenvalue weighted by Crippen LogP contribution is -2.39. The SMILES string of the molecule is Cc1ccccc1CC1OC(=O)NC1CN. The number of carbonyl (C=O) groups excluding carboxylic acids is 1. The third-order valence-corrected chi connectivity index (χ3v) is 2.95. The van der Waals surface area contributed by atoms with E-state index in [2.05, 4.69) is 24.4 Å². The highest BCUT2D eigenvalue weighted by atomic mass is 16.6. The fourth-order valence-electron chi connectivity index (χ4n) is 1.95. The Morgan fingerprint density at radius 2 is 2.19 bits per heavy atom. The van der Waals surface area contributed by atoms with Gasteiger partial charge >= 0.3 is 6.09 Å². The van der Waals surface area contributed by atoms with E-state index in [1.54, 1.807) is 0 Å². The van der Waals surface area contributed by atoms with Gasteiger partial charge in [0.25, 0.3) is 0 Å². The van der Waals surface area contributed by atoms with Crippen LogP contribution in [0.3, 0.4) is 0 Å². The molecular formula is C12H16N2O2. The molecule has 1 aliphatic heterocycles. The topological polar surface area (TPSA) is 64.3 Å². The second-order valence-electron chi connectivity index (χ2n) is 4.06. The van der Waals surface area contributed by atoms with E-state index in [9.17, 15) is 4.79 Å². The molecule has 1 amide bonds. The molecule has 0 saturated carbocycles. The summed E-state index contributed by atoms with van der Waals surface area (Å²) in [6.07, 6.45) is 0.195. The van der Waals surface area contributed by atoms with Gasteiger partial charge in [-0.15, -0.1) is 0 Å². The van der Waals surface area contributed by atoms with E-state index in [4.69, 9.17) is 10.5 Å². The second-order valence-corrected chi connectivity index (χ2v) is 4.06. The molecule has 16 heavy (non-hydrogen) atoms. The molecule has 1 fully saturated rings. The summed E-state index contributed by atoms with van der Waals surface area (Å²) < 4.78 is 5.19. The van der Waals surface area contributed by atoms with Crippen LogP contribution in [0.15, 0.2) is 24.3 Å². The van der Waals surface area contributed by atoms with Gasteiger partial charge in [-0.05, 0) is 18.1 Å². The van der Waals surface area contributed by atoms with Gasteiger partial charge in [-0.2, -0.15) is 0 Å². The molecule has 2 rings (SSSR count). The van der Waals surface area contributed by atoms with Crippen LogP contribution in [0.1, 0.15) is 11.1 Å². The van der Waals surface area contributed by atoms with E-state index in [0.29, 0.717) is 13.0 Å². The number of amides is 1. The number of cyclic esters (lactones) is 1. The van der Waals surface area contributed by atoms with Gasteiger partial charge in [0, 0.05) is 13.0 Å². The van der Waals surface area contributed by atoms with Gasteiger partial charge in [0.05, 0.1) is 6.04 Å². The smallest absolute Gasteiger partial charge is 0.407 e. The fraction of sp³-hybridized carbons (Fsp3) is 0.417. The minimum Gasteiger partial charge on any atom is -0.444 e. The molecule has 0 radical (unpaired) electrons. The minimum absolute atomic E-state index is 0.0768. The number of hydrogen-bond donors (Lipinski definition) is 2. The normalized spacial score (nSPS) is 24.0. The Morgan fingerprint density at radius 3 is 2.88 bits per heavy atom. The molecule has 1 heterocycles. The average molecular weight is 220 g/mol. The molecule has 4 nitrogen and oxygen atoms in total. The van der Waals surface area contributed by atoms with Gasteiger partial charge in [0.2, 0.25) is 0 Å². The van der Waals surface area contributed by atoms with Crippen LogP contribution in [0.25, 0.3) is 0 Å². The molecule has 1 saturated heterocycles. The number of nitrogens with two attached hydrogens (primary N) is 1. The number of rotatable bonds is 3. The Kier molecular flexibility index (Phi) is 3.10. The van der Waals surface area contributed by atoms with Gasteiger partial charge in [0.15, 0.2) is 0 Å². The first kappa shape index (κ1) is 11.0. The van der Waals surface area contributed by atoms with Gasteiger partial charge in [-0.1, -0.05) is 24.3 Å². The van der Waals surface area contributed by atoms with E-state index in [-0.39, 0.29) is 18.2 Å². The van der Waals surface area contributed by atoms with Crippen molar-refractivity contribution < 1.29 is 9.53 Å². The Morgan fingerprint density at radius 1 is 1.44 bits per heavy atom. The third-order valence-electron chi connectivity index (χ3n) is 2.95. The van der Waals surface area contributed by atoms with Crippen molar-refractivity contribution in [3.05, 3.63) is 35.4 Å². The lowest BCUT2D eigenvalue weighted by molar-refractivity contribution is 0.132. The quantitative estimate of drug-likeness (QED) is 0.798. The molecule has 0 bridgehead atoms. The maximum Gasteiger partial charge on any atom is 0.407 e. The molecule has 0 aromatic heterocycles. The summed E-state index contributed by atoms with van der Waals surface area (Å²) in [4.78, 5) is 11.1. The molecule has 2 unspecified atom stereocenters. The Balaban J connectivity index is 2.10. The molecule has 1 aromatic rings. The van der Waals surface area contributed by atoms with Crippen molar-refractivity contribution in [2.24, 2.45) is 5.73 Å². The zero-order valence-electron chi connectivity index (χ0n) is 9.27. The van der Waals surface area contributed by atoms with Crippen molar-refractivity contribution in [1.82, 2.24) is 5.32 Å². The Labute approximate surface area is 94.8 Å². The molecule has 0 aliphatic carbocycles. The molecule has 2 atom stereocenters. The predicted octanol–water partition coefficient (Wildman–Crippen LogP) is 0.973. The lowest BCUT2D eigenvalue weighted by atomic mass is 9.99. The molecule has 4 heteroatoms. The summed E-state index contributed by atoms with van der Waals surface area (Å²) in [5.74, 6) is 0. The van der Waals surface area contributed by atoms with E-state index in [0.717, 1.165) is 0 Å². The fourth-order valence-corrected chi connectivity index (χ4v) is 1.95. The highest BCUT2D eigenvalue weighted by molar-refractivity contribution is 5.70. The first-order valence-electron chi connectivity index (χ1n) is 5.42. The standard InChI is InChI=1S/C12H16N2O2/c1-8-4-2-3-5-9(8)6-11-10(7-13)14-12(15)16-11/h2-5,10-11H,6-7,13H2,1H3,(H,14,15). The Bertz CT molecular complexity index is 392. The highest BCUT2D eigenvalue weighted by Crippen LogP contribution is 2.16. The summed E-state index contributed by atoms with van der Waals surface area (Å²) in [6, 6.07) is 8.01. The van der Waals surface area contributed by atoms with E-state index >= 15 is 0 Å². The van der Waals surface area contributed by atoms with Gasteiger partial charge in [-0.25, -0.2) is 4.79 Å². The van der Waals surface area contributed by atoms with Crippen LogP contribution < -0.4 is 11.1 Å². The van der Waals surface area contributed by atoms with Crippen LogP contribution in [-0.2, 0) is 11.2 Å². The van der Waals surface area contributed by atoms with Gasteiger partial charge < -0.3 is 15.8 Å². The number of nitrogens with one attached hydrogen (secondary N) is 1. The number of alkyl carbamates (subject to hydrolysis) is 1. The van der Waals surface area contributed by atoms with Gasteiger partial charge in [-0.3, -0.25) is 0 Å². The van der Waals surface area contributed by atoms with Crippen LogP contribution in [0, 0.1) is 6.92 Å². The number of benzene rings is 1. The first-order chi connectivity index (χ1) is 7.70. The summed E-state index contributed by atoms with van der Waals surface area (Å²) in [7, 11) is 0. The minimum atomic E-state index is -0.367. The highest BCUT2D eigenvalue weighted by Gasteiger charge is 2.32. The third kappa shape index (κ3) is 2.17. The maximum atomic E-state index is 11.1. The van der Waals surface area contributed by atoms with E-state index in [1.165, 1.54) is 11.1 Å². The van der Waals surface area contributed by atoms with Crippen molar-refractivity contribution >= 4 is 6.09 Å². The van der Waals surface area contributed by atoms with Crippen LogP contribution in [-0.4, -0.2) is 24.8 Å². The molecule has 1 aromatic carbocycles. The lowest BCUT2D eigenvalue weighted by Gasteiger charge is -2.16. The summed E-state index contributed by atoms with van der Waals surface area (Å²) in [5, 5.41) is 2.71. The van der Waals surface area contributed by atoms with Crippen LogP contribution in [0.4, 0.5) is 4.79 Å². The second kappa shape index (κ2) is 4.53. The summed E-state index contributed by atoms with van der Waals surface area (Å²) >= 11 is 0. The average Bonchev–Trinajstić information content (AvgIpc) is 2.62. The maximum absolute atomic E-state index is 11.1. The largest absolute Gasteiger partial charge is 0.444 e. The monoisotopic (exact) mass is 220 g/mol. The molecule has 3 N–H and O–H groups in total. The van der Waals surface area contributed by atoms with E-state index in [1.807, 2.05) is 12.1 Å². The molecule has 0 spiro atoms. The van der Waals surface area contributed by atoms with Crippen molar-refractivity contribution in [2.45, 2.75) is 25.5 Å². The Hall–Kier alpha value is -1.55. The van der Waals surface area contributed by atoms with Crippen LogP contribution >= 0.6 is 0 Å². The summed E-state index contributed by atoms with van der Waals surface area (Å²) in [6.45, 7) is 2.46. The number of carbonyl (C=O) groups is 1. The van der Waals surface area contributed by atoms with Gasteiger partial charge in [0.1, 0.15) is 6.10 Å². The summed E-state index contributed by atoms with van der Waals surface area (Å²) in [5.41, 5.74) is 7.99. The predicted molar refractivity (Wildman–Crippen MR) is 61.1 cm³/mol. The van der Waals surface area contributed by atoms with Crippen LogP contribution in [0.5, 0.6) is 0 Å². The zero-order chi connectivity index (χ0) is 11.5. The van der Waals surface area contributed by atoms with Crippen molar-refractivity contribution in [3.63, 3.8) is 0 Å². The first-order valence-corrected chi connectivity index (χ1v) is 5.42. The van der Waals surface area contributed by atoms with E-state index < -0.39 is 0 Å². The number of ether oxygens (including phenoxy) is 1. The van der Waals surface area contributed by atoms with Crippen molar-refractivity contribution in [1.29, 1.82) is 0 Å². The molecular weight excluding hydrogens is 204 g/mol. The number of aryl methyl sites for hydroxylation is 1. The van der Waals surface area contributed by atoms with Crippen LogP contribution in [0.2, 0.25) is 0 Å².